The smallest absolute Gasteiger partial charge is 0.338 e. The minimum absolute atomic E-state index is 0.0660. The second kappa shape index (κ2) is 8.66. The molecule has 0 aliphatic rings. The molecule has 0 aliphatic carbocycles. The summed E-state index contributed by atoms with van der Waals surface area (Å²) in [5.74, 6) is -2.14. The number of nitrogen functional groups attached to an aromatic ring is 1. The van der Waals surface area contributed by atoms with Gasteiger partial charge in [-0.05, 0) is 48.9 Å². The van der Waals surface area contributed by atoms with Gasteiger partial charge in [-0.1, -0.05) is 13.3 Å². The Bertz CT molecular complexity index is 815. The quantitative estimate of drug-likeness (QED) is 0.398. The monoisotopic (exact) mass is 356 g/mol. The number of hydrogen-bond acceptors (Lipinski definition) is 5. The Morgan fingerprint density at radius 2 is 1.73 bits per heavy atom. The molecule has 0 fully saturated rings. The molecular weight excluding hydrogens is 336 g/mol. The highest BCUT2D eigenvalue weighted by Crippen LogP contribution is 2.20. The van der Waals surface area contributed by atoms with E-state index >= 15 is 0 Å². The Balaban J connectivity index is 2.10. The highest BCUT2D eigenvalue weighted by molar-refractivity contribution is 6.08. The van der Waals surface area contributed by atoms with E-state index in [-0.39, 0.29) is 16.8 Å². The molecule has 0 radical (unpaired) electrons. The topological polar surface area (TPSA) is 119 Å². The van der Waals surface area contributed by atoms with Gasteiger partial charge in [0, 0.05) is 11.3 Å². The number of nitrogens with one attached hydrogen (secondary N) is 1. The fraction of sp³-hybridized carbons (Fsp3) is 0.211. The van der Waals surface area contributed by atoms with Crippen molar-refractivity contribution < 1.29 is 24.2 Å². The van der Waals surface area contributed by atoms with Crippen molar-refractivity contribution >= 4 is 29.2 Å². The molecule has 0 saturated heterocycles. The first-order chi connectivity index (χ1) is 12.4. The molecule has 7 heteroatoms. The lowest BCUT2D eigenvalue weighted by Crippen LogP contribution is -2.15. The third kappa shape index (κ3) is 4.83. The number of carbonyl (C=O) groups is 3. The number of unbranched alkanes of at least 4 members (excludes halogenated alkanes) is 1. The predicted octanol–water partition coefficient (Wildman–Crippen LogP) is 3.18. The lowest BCUT2D eigenvalue weighted by molar-refractivity contribution is 0.0499. The molecule has 0 aromatic heterocycles. The third-order valence-corrected chi connectivity index (χ3v) is 3.64. The second-order valence-corrected chi connectivity index (χ2v) is 5.63. The van der Waals surface area contributed by atoms with Gasteiger partial charge < -0.3 is 20.9 Å². The highest BCUT2D eigenvalue weighted by Gasteiger charge is 2.15. The molecule has 0 saturated carbocycles. The molecule has 0 aliphatic heterocycles. The van der Waals surface area contributed by atoms with Crippen LogP contribution in [0.5, 0.6) is 0 Å². The summed E-state index contributed by atoms with van der Waals surface area (Å²) in [5.41, 5.74) is 6.63. The van der Waals surface area contributed by atoms with Crippen molar-refractivity contribution in [1.82, 2.24) is 0 Å². The van der Waals surface area contributed by atoms with Crippen LogP contribution in [0, 0.1) is 0 Å². The zero-order valence-electron chi connectivity index (χ0n) is 14.3. The van der Waals surface area contributed by atoms with Crippen molar-refractivity contribution in [3.05, 3.63) is 59.2 Å². The van der Waals surface area contributed by atoms with Crippen LogP contribution in [0.3, 0.4) is 0 Å². The first-order valence-corrected chi connectivity index (χ1v) is 8.13. The number of aromatic carboxylic acids is 1. The van der Waals surface area contributed by atoms with Gasteiger partial charge in [0.2, 0.25) is 0 Å². The van der Waals surface area contributed by atoms with E-state index in [1.807, 2.05) is 6.92 Å². The SMILES string of the molecule is CCCCOC(=O)c1ccc(C(=O)Nc2cc(N)ccc2C(=O)O)cc1. The average Bonchev–Trinajstić information content (AvgIpc) is 2.61. The van der Waals surface area contributed by atoms with Crippen LogP contribution in [0.2, 0.25) is 0 Å². The molecule has 0 bridgehead atoms. The lowest BCUT2D eigenvalue weighted by atomic mass is 10.1. The van der Waals surface area contributed by atoms with Gasteiger partial charge in [0.15, 0.2) is 0 Å². The van der Waals surface area contributed by atoms with Gasteiger partial charge in [0.05, 0.1) is 23.4 Å². The molecule has 1 amide bonds. The number of ether oxygens (including phenoxy) is 1. The van der Waals surface area contributed by atoms with Crippen LogP contribution in [-0.2, 0) is 4.74 Å². The molecule has 136 valence electrons. The van der Waals surface area contributed by atoms with Crippen LogP contribution < -0.4 is 11.1 Å². The number of esters is 1. The van der Waals surface area contributed by atoms with Crippen LogP contribution in [0.4, 0.5) is 11.4 Å². The van der Waals surface area contributed by atoms with E-state index in [0.717, 1.165) is 12.8 Å². The number of benzene rings is 2. The summed E-state index contributed by atoms with van der Waals surface area (Å²) in [6, 6.07) is 10.1. The average molecular weight is 356 g/mol. The summed E-state index contributed by atoms with van der Waals surface area (Å²) < 4.78 is 5.10. The molecule has 2 aromatic rings. The zero-order chi connectivity index (χ0) is 19.1. The maximum atomic E-state index is 12.3. The Hall–Kier alpha value is -3.35. The normalized spacial score (nSPS) is 10.2. The molecular formula is C19H20N2O5. The lowest BCUT2D eigenvalue weighted by Gasteiger charge is -2.10. The number of hydrogen-bond donors (Lipinski definition) is 3. The summed E-state index contributed by atoms with van der Waals surface area (Å²) in [6.07, 6.45) is 1.72. The maximum absolute atomic E-state index is 12.3. The molecule has 0 spiro atoms. The number of carboxylic acid groups (broad SMARTS) is 1. The Morgan fingerprint density at radius 1 is 1.08 bits per heavy atom. The Morgan fingerprint density at radius 3 is 2.35 bits per heavy atom. The van der Waals surface area contributed by atoms with Crippen LogP contribution >= 0.6 is 0 Å². The van der Waals surface area contributed by atoms with Gasteiger partial charge in [-0.3, -0.25) is 4.79 Å². The van der Waals surface area contributed by atoms with Crippen LogP contribution in [0.25, 0.3) is 0 Å². The fourth-order valence-electron chi connectivity index (χ4n) is 2.20. The minimum atomic E-state index is -1.18. The minimum Gasteiger partial charge on any atom is -0.478 e. The van der Waals surface area contributed by atoms with E-state index in [9.17, 15) is 19.5 Å². The first kappa shape index (κ1) is 19.0. The van der Waals surface area contributed by atoms with Crippen molar-refractivity contribution in [2.45, 2.75) is 19.8 Å². The van der Waals surface area contributed by atoms with E-state index in [1.165, 1.54) is 42.5 Å². The standard InChI is InChI=1S/C19H20N2O5/c1-2-3-10-26-19(25)13-6-4-12(5-7-13)17(22)21-16-11-14(20)8-9-15(16)18(23)24/h4-9,11H,2-3,10,20H2,1H3,(H,21,22)(H,23,24). The van der Waals surface area contributed by atoms with E-state index in [0.29, 0.717) is 17.9 Å². The van der Waals surface area contributed by atoms with Crippen LogP contribution in [0.15, 0.2) is 42.5 Å². The number of anilines is 2. The van der Waals surface area contributed by atoms with Crippen molar-refractivity contribution in [2.75, 3.05) is 17.7 Å². The van der Waals surface area contributed by atoms with Crippen molar-refractivity contribution in [2.24, 2.45) is 0 Å². The largest absolute Gasteiger partial charge is 0.478 e. The van der Waals surface area contributed by atoms with Gasteiger partial charge in [-0.2, -0.15) is 0 Å². The summed E-state index contributed by atoms with van der Waals surface area (Å²) in [4.78, 5) is 35.4. The number of carbonyl (C=O) groups excluding carboxylic acids is 2. The van der Waals surface area contributed by atoms with E-state index in [1.54, 1.807) is 0 Å². The summed E-state index contributed by atoms with van der Waals surface area (Å²) in [5, 5.41) is 11.7. The van der Waals surface area contributed by atoms with E-state index in [2.05, 4.69) is 5.32 Å². The molecule has 7 nitrogen and oxygen atoms in total. The first-order valence-electron chi connectivity index (χ1n) is 8.13. The molecule has 26 heavy (non-hydrogen) atoms. The second-order valence-electron chi connectivity index (χ2n) is 5.63. The maximum Gasteiger partial charge on any atom is 0.338 e. The van der Waals surface area contributed by atoms with Crippen molar-refractivity contribution in [3.8, 4) is 0 Å². The summed E-state index contributed by atoms with van der Waals surface area (Å²) in [7, 11) is 0. The fourth-order valence-corrected chi connectivity index (χ4v) is 2.20. The van der Waals surface area contributed by atoms with E-state index in [4.69, 9.17) is 10.5 Å². The number of carboxylic acids is 1. The predicted molar refractivity (Wildman–Crippen MR) is 97.4 cm³/mol. The zero-order valence-corrected chi connectivity index (χ0v) is 14.3. The molecule has 0 unspecified atom stereocenters. The van der Waals surface area contributed by atoms with Gasteiger partial charge in [0.25, 0.3) is 5.91 Å². The molecule has 2 aromatic carbocycles. The Labute approximate surface area is 150 Å². The van der Waals surface area contributed by atoms with Gasteiger partial charge in [0.1, 0.15) is 0 Å². The van der Waals surface area contributed by atoms with Gasteiger partial charge in [-0.25, -0.2) is 9.59 Å². The number of nitrogens with two attached hydrogens (primary N) is 1. The highest BCUT2D eigenvalue weighted by atomic mass is 16.5. The summed E-state index contributed by atoms with van der Waals surface area (Å²) >= 11 is 0. The van der Waals surface area contributed by atoms with Gasteiger partial charge >= 0.3 is 11.9 Å². The van der Waals surface area contributed by atoms with E-state index < -0.39 is 17.8 Å². The summed E-state index contributed by atoms with van der Waals surface area (Å²) in [6.45, 7) is 2.35. The van der Waals surface area contributed by atoms with Crippen LogP contribution in [-0.4, -0.2) is 29.6 Å². The van der Waals surface area contributed by atoms with Crippen LogP contribution in [0.1, 0.15) is 50.8 Å². The number of rotatable bonds is 7. The molecule has 0 heterocycles. The number of amides is 1. The third-order valence-electron chi connectivity index (χ3n) is 3.64. The molecule has 0 atom stereocenters. The van der Waals surface area contributed by atoms with Crippen molar-refractivity contribution in [1.29, 1.82) is 0 Å². The Kier molecular flexibility index (Phi) is 6.32. The van der Waals surface area contributed by atoms with Gasteiger partial charge in [-0.15, -0.1) is 0 Å². The molecule has 2 rings (SSSR count). The molecule has 4 N–H and O–H groups in total. The van der Waals surface area contributed by atoms with Crippen molar-refractivity contribution in [3.63, 3.8) is 0 Å².